The van der Waals surface area contributed by atoms with Crippen LogP contribution in [0.3, 0.4) is 0 Å². The van der Waals surface area contributed by atoms with Gasteiger partial charge >= 0.3 is 0 Å². The molecule has 0 atom stereocenters. The van der Waals surface area contributed by atoms with Gasteiger partial charge in [-0.15, -0.1) is 0 Å². The average Bonchev–Trinajstić information content (AvgIpc) is 2.63. The lowest BCUT2D eigenvalue weighted by Crippen LogP contribution is -1.91. The number of fused-ring (bicyclic) bond motifs is 1. The molecule has 0 radical (unpaired) electrons. The fourth-order valence-corrected chi connectivity index (χ4v) is 2.07. The third-order valence-electron chi connectivity index (χ3n) is 2.42. The Balaban J connectivity index is 2.23. The zero-order valence-electron chi connectivity index (χ0n) is 7.92. The van der Waals surface area contributed by atoms with Crippen LogP contribution in [0.4, 0.5) is 0 Å². The van der Waals surface area contributed by atoms with Crippen molar-refractivity contribution in [2.45, 2.75) is 19.3 Å². The molecule has 0 amide bonds. The predicted molar refractivity (Wildman–Crippen MR) is 56.1 cm³/mol. The van der Waals surface area contributed by atoms with Gasteiger partial charge in [-0.1, -0.05) is 17.7 Å². The molecule has 0 saturated heterocycles. The van der Waals surface area contributed by atoms with Gasteiger partial charge in [-0.3, -0.25) is 0 Å². The van der Waals surface area contributed by atoms with Crippen LogP contribution in [-0.4, -0.2) is 18.3 Å². The average molecular weight is 213 g/mol. The lowest BCUT2D eigenvalue weighted by Gasteiger charge is -2.05. The molecule has 0 bridgehead atoms. The summed E-state index contributed by atoms with van der Waals surface area (Å²) in [7, 11) is 0. The van der Waals surface area contributed by atoms with E-state index in [1.807, 2.05) is 6.07 Å². The Morgan fingerprint density at radius 2 is 2.29 bits per heavy atom. The zero-order chi connectivity index (χ0) is 9.97. The number of hydrogen-bond donors (Lipinski definition) is 1. The summed E-state index contributed by atoms with van der Waals surface area (Å²) >= 11 is 6.07. The smallest absolute Gasteiger partial charge is 0.141 e. The SMILES string of the molecule is OCCCc1cc(Cl)c2c(c1)CCO2. The molecule has 1 N–H and O–H groups in total. The van der Waals surface area contributed by atoms with Crippen LogP contribution in [-0.2, 0) is 12.8 Å². The molecule has 0 aromatic heterocycles. The molecule has 14 heavy (non-hydrogen) atoms. The van der Waals surface area contributed by atoms with E-state index in [9.17, 15) is 0 Å². The highest BCUT2D eigenvalue weighted by Gasteiger charge is 2.16. The number of ether oxygens (including phenoxy) is 1. The molecule has 76 valence electrons. The molecular formula is C11H13ClO2. The quantitative estimate of drug-likeness (QED) is 0.833. The molecule has 0 unspecified atom stereocenters. The zero-order valence-corrected chi connectivity index (χ0v) is 8.68. The molecule has 0 aliphatic carbocycles. The molecular weight excluding hydrogens is 200 g/mol. The van der Waals surface area contributed by atoms with Crippen LogP contribution in [0.5, 0.6) is 5.75 Å². The summed E-state index contributed by atoms with van der Waals surface area (Å²) in [6, 6.07) is 4.06. The van der Waals surface area contributed by atoms with Crippen LogP contribution >= 0.6 is 11.6 Å². The summed E-state index contributed by atoms with van der Waals surface area (Å²) in [6.45, 7) is 0.962. The van der Waals surface area contributed by atoms with E-state index in [-0.39, 0.29) is 6.61 Å². The van der Waals surface area contributed by atoms with Crippen molar-refractivity contribution in [3.8, 4) is 5.75 Å². The van der Waals surface area contributed by atoms with Crippen molar-refractivity contribution in [3.63, 3.8) is 0 Å². The Morgan fingerprint density at radius 1 is 1.43 bits per heavy atom. The van der Waals surface area contributed by atoms with Crippen molar-refractivity contribution in [3.05, 3.63) is 28.3 Å². The normalized spacial score (nSPS) is 13.9. The highest BCUT2D eigenvalue weighted by atomic mass is 35.5. The summed E-state index contributed by atoms with van der Waals surface area (Å²) in [6.07, 6.45) is 2.61. The molecule has 1 heterocycles. The standard InChI is InChI=1S/C11H13ClO2/c12-10-7-8(2-1-4-13)6-9-3-5-14-11(9)10/h6-7,13H,1-5H2. The molecule has 0 fully saturated rings. The monoisotopic (exact) mass is 212 g/mol. The van der Waals surface area contributed by atoms with Crippen LogP contribution in [0.15, 0.2) is 12.1 Å². The first-order valence-electron chi connectivity index (χ1n) is 4.86. The van der Waals surface area contributed by atoms with E-state index in [0.717, 1.165) is 31.6 Å². The Hall–Kier alpha value is -0.730. The van der Waals surface area contributed by atoms with Gasteiger partial charge in [0, 0.05) is 13.0 Å². The molecule has 1 aromatic carbocycles. The lowest BCUT2D eigenvalue weighted by atomic mass is 10.1. The first-order valence-corrected chi connectivity index (χ1v) is 5.24. The van der Waals surface area contributed by atoms with Gasteiger partial charge in [0.1, 0.15) is 5.75 Å². The van der Waals surface area contributed by atoms with E-state index >= 15 is 0 Å². The van der Waals surface area contributed by atoms with Crippen LogP contribution in [0.2, 0.25) is 5.02 Å². The van der Waals surface area contributed by atoms with Gasteiger partial charge in [-0.2, -0.15) is 0 Å². The van der Waals surface area contributed by atoms with Gasteiger partial charge in [0.15, 0.2) is 0 Å². The number of aryl methyl sites for hydroxylation is 1. The predicted octanol–water partition coefficient (Wildman–Crippen LogP) is 2.20. The third kappa shape index (κ3) is 1.86. The van der Waals surface area contributed by atoms with Gasteiger partial charge in [0.05, 0.1) is 11.6 Å². The molecule has 1 aliphatic heterocycles. The van der Waals surface area contributed by atoms with Crippen molar-refractivity contribution in [1.29, 1.82) is 0 Å². The van der Waals surface area contributed by atoms with Crippen LogP contribution in [0, 0.1) is 0 Å². The highest BCUT2D eigenvalue weighted by molar-refractivity contribution is 6.32. The van der Waals surface area contributed by atoms with E-state index < -0.39 is 0 Å². The van der Waals surface area contributed by atoms with Gasteiger partial charge in [0.2, 0.25) is 0 Å². The molecule has 1 aliphatic rings. The summed E-state index contributed by atoms with van der Waals surface area (Å²) in [4.78, 5) is 0. The first-order chi connectivity index (χ1) is 6.81. The maximum absolute atomic E-state index is 8.73. The van der Waals surface area contributed by atoms with E-state index in [0.29, 0.717) is 5.02 Å². The van der Waals surface area contributed by atoms with E-state index in [1.165, 1.54) is 11.1 Å². The molecule has 3 heteroatoms. The Morgan fingerprint density at radius 3 is 3.07 bits per heavy atom. The number of hydrogen-bond acceptors (Lipinski definition) is 2. The van der Waals surface area contributed by atoms with E-state index in [2.05, 4.69) is 6.07 Å². The molecule has 0 saturated carbocycles. The van der Waals surface area contributed by atoms with Gasteiger partial charge in [-0.05, 0) is 30.0 Å². The maximum atomic E-state index is 8.73. The topological polar surface area (TPSA) is 29.5 Å². The van der Waals surface area contributed by atoms with Crippen LogP contribution < -0.4 is 4.74 Å². The number of rotatable bonds is 3. The van der Waals surface area contributed by atoms with Gasteiger partial charge in [-0.25, -0.2) is 0 Å². The second-order valence-corrected chi connectivity index (χ2v) is 3.90. The minimum Gasteiger partial charge on any atom is -0.491 e. The summed E-state index contributed by atoms with van der Waals surface area (Å²) < 4.78 is 5.41. The Labute approximate surface area is 88.5 Å². The third-order valence-corrected chi connectivity index (χ3v) is 2.70. The van der Waals surface area contributed by atoms with Gasteiger partial charge < -0.3 is 9.84 Å². The van der Waals surface area contributed by atoms with Crippen LogP contribution in [0.1, 0.15) is 17.5 Å². The minimum atomic E-state index is 0.227. The van der Waals surface area contributed by atoms with Crippen molar-refractivity contribution in [1.82, 2.24) is 0 Å². The Bertz CT molecular complexity index is 336. The van der Waals surface area contributed by atoms with E-state index in [1.54, 1.807) is 0 Å². The van der Waals surface area contributed by atoms with Crippen molar-refractivity contribution >= 4 is 11.6 Å². The number of aliphatic hydroxyl groups excluding tert-OH is 1. The summed E-state index contributed by atoms with van der Waals surface area (Å²) in [5.74, 6) is 0.847. The molecule has 2 rings (SSSR count). The van der Waals surface area contributed by atoms with Crippen molar-refractivity contribution in [2.24, 2.45) is 0 Å². The number of aliphatic hydroxyl groups is 1. The minimum absolute atomic E-state index is 0.227. The van der Waals surface area contributed by atoms with Gasteiger partial charge in [0.25, 0.3) is 0 Å². The summed E-state index contributed by atoms with van der Waals surface area (Å²) in [5, 5.41) is 9.43. The Kier molecular flexibility index (Phi) is 2.94. The van der Waals surface area contributed by atoms with Crippen molar-refractivity contribution < 1.29 is 9.84 Å². The highest BCUT2D eigenvalue weighted by Crippen LogP contribution is 2.34. The number of halogens is 1. The van der Waals surface area contributed by atoms with Crippen molar-refractivity contribution in [2.75, 3.05) is 13.2 Å². The second kappa shape index (κ2) is 4.20. The second-order valence-electron chi connectivity index (χ2n) is 3.49. The molecule has 2 nitrogen and oxygen atoms in total. The fraction of sp³-hybridized carbons (Fsp3) is 0.455. The summed E-state index contributed by atoms with van der Waals surface area (Å²) in [5.41, 5.74) is 2.39. The van der Waals surface area contributed by atoms with Crippen LogP contribution in [0.25, 0.3) is 0 Å². The van der Waals surface area contributed by atoms with E-state index in [4.69, 9.17) is 21.4 Å². The molecule has 1 aromatic rings. The first kappa shape index (κ1) is 9.81. The fourth-order valence-electron chi connectivity index (χ4n) is 1.75. The number of benzene rings is 1. The largest absolute Gasteiger partial charge is 0.491 e. The molecule has 0 spiro atoms. The maximum Gasteiger partial charge on any atom is 0.141 e. The lowest BCUT2D eigenvalue weighted by molar-refractivity contribution is 0.288.